The van der Waals surface area contributed by atoms with Crippen LogP contribution in [0.25, 0.3) is 21.8 Å². The van der Waals surface area contributed by atoms with E-state index in [4.69, 9.17) is 9.84 Å². The summed E-state index contributed by atoms with van der Waals surface area (Å²) in [5, 5.41) is 9.32. The van der Waals surface area contributed by atoms with Crippen molar-refractivity contribution in [3.05, 3.63) is 82.7 Å². The Bertz CT molecular complexity index is 1790. The zero-order valence-corrected chi connectivity index (χ0v) is 23.6. The third kappa shape index (κ3) is 6.00. The number of sulfone groups is 1. The van der Waals surface area contributed by atoms with Gasteiger partial charge in [0.25, 0.3) is 0 Å². The van der Waals surface area contributed by atoms with Crippen LogP contribution in [0.15, 0.2) is 60.1 Å². The maximum absolute atomic E-state index is 12.3. The van der Waals surface area contributed by atoms with Crippen molar-refractivity contribution in [2.45, 2.75) is 18.7 Å². The fourth-order valence-corrected chi connectivity index (χ4v) is 5.69. The molecule has 0 unspecified atom stereocenters. The predicted molar refractivity (Wildman–Crippen MR) is 145 cm³/mol. The van der Waals surface area contributed by atoms with Gasteiger partial charge in [-0.2, -0.15) is 0 Å². The van der Waals surface area contributed by atoms with Crippen molar-refractivity contribution in [1.29, 1.82) is 0 Å². The molecule has 4 rings (SSSR count). The largest absolute Gasteiger partial charge is 0.477 e. The van der Waals surface area contributed by atoms with Crippen LogP contribution in [0.1, 0.15) is 33.2 Å². The number of esters is 1. The molecular weight excluding hydrogens is 636 g/mol. The molecular formula is C24H20Br2N2O8S. The molecule has 2 aromatic heterocycles. The molecule has 2 aromatic carbocycles. The number of H-pyrrole nitrogens is 2. The van der Waals surface area contributed by atoms with Crippen molar-refractivity contribution >= 4 is 75.4 Å². The minimum atomic E-state index is -3.50. The first-order valence-electron chi connectivity index (χ1n) is 10.5. The van der Waals surface area contributed by atoms with Gasteiger partial charge >= 0.3 is 11.9 Å². The van der Waals surface area contributed by atoms with Gasteiger partial charge in [-0.05, 0) is 59.6 Å². The minimum Gasteiger partial charge on any atom is -0.477 e. The number of nitrogens with one attached hydrogen (secondary N) is 2. The van der Waals surface area contributed by atoms with Gasteiger partial charge in [-0.25, -0.2) is 18.0 Å². The highest BCUT2D eigenvalue weighted by Crippen LogP contribution is 2.26. The van der Waals surface area contributed by atoms with Crippen LogP contribution >= 0.6 is 31.9 Å². The zero-order chi connectivity index (χ0) is 27.7. The van der Waals surface area contributed by atoms with E-state index in [1.165, 1.54) is 24.5 Å². The predicted octanol–water partition coefficient (Wildman–Crippen LogP) is 4.17. The van der Waals surface area contributed by atoms with E-state index in [1.807, 2.05) is 6.92 Å². The van der Waals surface area contributed by atoms with Gasteiger partial charge in [0.05, 0.1) is 22.5 Å². The molecule has 0 atom stereocenters. The highest BCUT2D eigenvalue weighted by molar-refractivity contribution is 9.10. The van der Waals surface area contributed by atoms with Crippen molar-refractivity contribution in [2.75, 3.05) is 12.9 Å². The van der Waals surface area contributed by atoms with Crippen LogP contribution in [0, 0.1) is 6.92 Å². The van der Waals surface area contributed by atoms with Crippen molar-refractivity contribution in [2.24, 2.45) is 0 Å². The van der Waals surface area contributed by atoms with Crippen LogP contribution in [0.2, 0.25) is 0 Å². The summed E-state index contributed by atoms with van der Waals surface area (Å²) in [7, 11) is -3.50. The Labute approximate surface area is 226 Å². The summed E-state index contributed by atoms with van der Waals surface area (Å²) in [6.45, 7) is 3.62. The molecule has 0 amide bonds. The number of carboxylic acid groups (broad SMARTS) is 1. The third-order valence-corrected chi connectivity index (χ3v) is 8.13. The molecule has 2 heterocycles. The van der Waals surface area contributed by atoms with E-state index in [2.05, 4.69) is 41.8 Å². The monoisotopic (exact) mass is 654 g/mol. The third-order valence-electron chi connectivity index (χ3n) is 5.22. The SMILES string of the molecule is CCOC(=O)c1c[nH]c2cc(Br)c(S(C)(=O)=O)cc2c1=O.Cc1cc2c(=O)c(C(=O)O)c[nH]c2cc1Br. The van der Waals surface area contributed by atoms with Crippen LogP contribution in [0.4, 0.5) is 0 Å². The lowest BCUT2D eigenvalue weighted by Crippen LogP contribution is -2.18. The first-order chi connectivity index (χ1) is 17.3. The molecule has 4 aromatic rings. The van der Waals surface area contributed by atoms with Gasteiger partial charge in [0, 0.05) is 38.4 Å². The highest BCUT2D eigenvalue weighted by Gasteiger charge is 2.18. The van der Waals surface area contributed by atoms with Gasteiger partial charge < -0.3 is 19.8 Å². The first kappa shape index (κ1) is 28.3. The molecule has 0 aliphatic carbocycles. The number of carbonyl (C=O) groups is 2. The number of aromatic amines is 2. The number of carboxylic acids is 1. The standard InChI is InChI=1S/C13H12BrNO5S.C11H8BrNO3/c1-3-20-13(17)8-6-15-10-5-9(14)11(21(2,18)19)4-7(10)12(8)16;1-5-2-6-9(3-8(5)12)13-4-7(10(6)14)11(15)16/h4-6H,3H2,1-2H3,(H,15,16);2-4H,1H3,(H,13,14)(H,15,16). The number of fused-ring (bicyclic) bond motifs is 2. The Balaban J connectivity index is 0.000000213. The Hall–Kier alpha value is -3.29. The van der Waals surface area contributed by atoms with E-state index >= 15 is 0 Å². The number of aromatic carboxylic acids is 1. The lowest BCUT2D eigenvalue weighted by molar-refractivity contribution is 0.0524. The lowest BCUT2D eigenvalue weighted by Gasteiger charge is -2.07. The minimum absolute atomic E-state index is 0.0125. The lowest BCUT2D eigenvalue weighted by atomic mass is 10.1. The average Bonchev–Trinajstić information content (AvgIpc) is 2.80. The highest BCUT2D eigenvalue weighted by atomic mass is 79.9. The summed E-state index contributed by atoms with van der Waals surface area (Å²) in [4.78, 5) is 52.2. The van der Waals surface area contributed by atoms with E-state index in [0.717, 1.165) is 16.3 Å². The van der Waals surface area contributed by atoms with Crippen LogP contribution in [-0.4, -0.2) is 48.3 Å². The maximum atomic E-state index is 12.3. The number of pyridine rings is 2. The van der Waals surface area contributed by atoms with Gasteiger partial charge in [-0.15, -0.1) is 0 Å². The Morgan fingerprint density at radius 2 is 1.43 bits per heavy atom. The second-order valence-corrected chi connectivity index (χ2v) is 11.5. The molecule has 0 saturated carbocycles. The Morgan fingerprint density at radius 3 is 1.97 bits per heavy atom. The van der Waals surface area contributed by atoms with Crippen molar-refractivity contribution in [3.63, 3.8) is 0 Å². The summed E-state index contributed by atoms with van der Waals surface area (Å²) in [5.41, 5.74) is 0.497. The maximum Gasteiger partial charge on any atom is 0.343 e. The molecule has 0 radical (unpaired) electrons. The van der Waals surface area contributed by atoms with E-state index in [-0.39, 0.29) is 28.0 Å². The van der Waals surface area contributed by atoms with Crippen molar-refractivity contribution < 1.29 is 27.9 Å². The molecule has 3 N–H and O–H groups in total. The van der Waals surface area contributed by atoms with E-state index in [0.29, 0.717) is 20.9 Å². The average molecular weight is 656 g/mol. The number of halogens is 2. The van der Waals surface area contributed by atoms with E-state index in [1.54, 1.807) is 19.1 Å². The van der Waals surface area contributed by atoms with Gasteiger partial charge in [-0.3, -0.25) is 9.59 Å². The number of ether oxygens (including phenoxy) is 1. The van der Waals surface area contributed by atoms with Crippen LogP contribution < -0.4 is 10.9 Å². The first-order valence-corrected chi connectivity index (χ1v) is 14.0. The normalized spacial score (nSPS) is 11.2. The smallest absolute Gasteiger partial charge is 0.343 e. The van der Waals surface area contributed by atoms with Gasteiger partial charge in [-0.1, -0.05) is 15.9 Å². The molecule has 10 nitrogen and oxygen atoms in total. The van der Waals surface area contributed by atoms with Crippen LogP contribution in [-0.2, 0) is 14.6 Å². The second kappa shape index (κ2) is 11.0. The molecule has 0 aliphatic heterocycles. The number of hydrogen-bond donors (Lipinski definition) is 3. The fraction of sp³-hybridized carbons (Fsp3) is 0.167. The summed E-state index contributed by atoms with van der Waals surface area (Å²) in [6.07, 6.45) is 3.52. The number of aromatic nitrogens is 2. The summed E-state index contributed by atoms with van der Waals surface area (Å²) >= 11 is 6.51. The fourth-order valence-electron chi connectivity index (χ4n) is 3.37. The van der Waals surface area contributed by atoms with Crippen molar-refractivity contribution in [3.8, 4) is 0 Å². The molecule has 0 fully saturated rings. The van der Waals surface area contributed by atoms with Crippen molar-refractivity contribution in [1.82, 2.24) is 9.97 Å². The Morgan fingerprint density at radius 1 is 0.919 bits per heavy atom. The summed E-state index contributed by atoms with van der Waals surface area (Å²) < 4.78 is 29.4. The summed E-state index contributed by atoms with van der Waals surface area (Å²) in [5.74, 6) is -1.96. The molecule has 0 aliphatic rings. The molecule has 13 heteroatoms. The number of rotatable bonds is 4. The molecule has 0 bridgehead atoms. The van der Waals surface area contributed by atoms with Crippen LogP contribution in [0.5, 0.6) is 0 Å². The Kier molecular flexibility index (Phi) is 8.40. The molecule has 194 valence electrons. The van der Waals surface area contributed by atoms with E-state index < -0.39 is 32.6 Å². The van der Waals surface area contributed by atoms with Gasteiger partial charge in [0.1, 0.15) is 11.1 Å². The topological polar surface area (TPSA) is 163 Å². The van der Waals surface area contributed by atoms with E-state index in [9.17, 15) is 27.6 Å². The molecule has 0 saturated heterocycles. The molecule has 37 heavy (non-hydrogen) atoms. The van der Waals surface area contributed by atoms with Gasteiger partial charge in [0.2, 0.25) is 10.9 Å². The summed E-state index contributed by atoms with van der Waals surface area (Å²) in [6, 6.07) is 6.17. The second-order valence-electron chi connectivity index (χ2n) is 7.84. The number of hydrogen-bond acceptors (Lipinski definition) is 7. The molecule has 0 spiro atoms. The quantitative estimate of drug-likeness (QED) is 0.276. The van der Waals surface area contributed by atoms with Gasteiger partial charge in [0.15, 0.2) is 9.84 Å². The number of benzene rings is 2. The van der Waals surface area contributed by atoms with Crippen LogP contribution in [0.3, 0.4) is 0 Å². The number of carbonyl (C=O) groups excluding carboxylic acids is 1. The zero-order valence-electron chi connectivity index (χ0n) is 19.6. The number of aryl methyl sites for hydroxylation is 1.